The van der Waals surface area contributed by atoms with Gasteiger partial charge in [0.15, 0.2) is 0 Å². The zero-order chi connectivity index (χ0) is 15.0. The summed E-state index contributed by atoms with van der Waals surface area (Å²) in [4.78, 5) is 0.265. The first-order valence-corrected chi connectivity index (χ1v) is 7.73. The molecule has 1 aliphatic heterocycles. The number of nitrogens with two attached hydrogens (primary N) is 1. The highest BCUT2D eigenvalue weighted by Crippen LogP contribution is 2.30. The summed E-state index contributed by atoms with van der Waals surface area (Å²) in [6.07, 6.45) is 0.152. The van der Waals surface area contributed by atoms with Gasteiger partial charge in [0.05, 0.1) is 21.4 Å². The van der Waals surface area contributed by atoms with Gasteiger partial charge in [0, 0.05) is 17.7 Å². The molecule has 3 nitrogen and oxygen atoms in total. The third kappa shape index (κ3) is 2.90. The van der Waals surface area contributed by atoms with Crippen LogP contribution in [0.5, 0.6) is 5.75 Å². The quantitative estimate of drug-likeness (QED) is 0.887. The van der Waals surface area contributed by atoms with E-state index in [1.165, 1.54) is 30.3 Å². The van der Waals surface area contributed by atoms with Gasteiger partial charge in [-0.2, -0.15) is 0 Å². The summed E-state index contributed by atoms with van der Waals surface area (Å²) >= 11 is 0. The molecule has 3 rings (SSSR count). The van der Waals surface area contributed by atoms with Crippen LogP contribution in [0.15, 0.2) is 41.3 Å². The van der Waals surface area contributed by atoms with Gasteiger partial charge < -0.3 is 10.5 Å². The molecule has 0 saturated carbocycles. The first-order chi connectivity index (χ1) is 10.0. The number of halogens is 2. The molecule has 1 aliphatic rings. The zero-order valence-electron chi connectivity index (χ0n) is 11.0. The Labute approximate surface area is 123 Å². The SMILES string of the molecule is Nc1ccc(F)cc1S(=O)CC1Cc2cc(F)ccc2O1. The molecule has 110 valence electrons. The Morgan fingerprint density at radius 1 is 1.19 bits per heavy atom. The lowest BCUT2D eigenvalue weighted by Gasteiger charge is -2.11. The van der Waals surface area contributed by atoms with E-state index in [9.17, 15) is 13.0 Å². The molecule has 0 aromatic heterocycles. The van der Waals surface area contributed by atoms with E-state index >= 15 is 0 Å². The predicted octanol–water partition coefficient (Wildman–Crippen LogP) is 2.66. The standard InChI is InChI=1S/C15H13F2NO2S/c16-10-2-4-14-9(5-10)6-12(20-14)8-21(19)15-7-11(17)1-3-13(15)18/h1-5,7,12H,6,8,18H2. The van der Waals surface area contributed by atoms with E-state index in [4.69, 9.17) is 10.5 Å². The highest BCUT2D eigenvalue weighted by atomic mass is 32.2. The van der Waals surface area contributed by atoms with Gasteiger partial charge >= 0.3 is 0 Å². The zero-order valence-corrected chi connectivity index (χ0v) is 11.8. The van der Waals surface area contributed by atoms with Gasteiger partial charge in [0.25, 0.3) is 0 Å². The molecular weight excluding hydrogens is 296 g/mol. The lowest BCUT2D eigenvalue weighted by molar-refractivity contribution is 0.258. The fourth-order valence-corrected chi connectivity index (χ4v) is 3.62. The molecule has 2 aromatic rings. The number of benzene rings is 2. The molecule has 0 fully saturated rings. The third-order valence-electron chi connectivity index (χ3n) is 3.32. The van der Waals surface area contributed by atoms with Gasteiger partial charge in [-0.1, -0.05) is 0 Å². The van der Waals surface area contributed by atoms with Gasteiger partial charge in [-0.25, -0.2) is 8.78 Å². The molecule has 2 aromatic carbocycles. The molecule has 0 amide bonds. The fourth-order valence-electron chi connectivity index (χ4n) is 2.35. The van der Waals surface area contributed by atoms with E-state index in [2.05, 4.69) is 0 Å². The minimum atomic E-state index is -1.47. The van der Waals surface area contributed by atoms with Crippen molar-refractivity contribution in [3.05, 3.63) is 53.6 Å². The van der Waals surface area contributed by atoms with Crippen molar-refractivity contribution in [3.8, 4) is 5.75 Å². The van der Waals surface area contributed by atoms with Crippen molar-refractivity contribution in [1.29, 1.82) is 0 Å². The first-order valence-electron chi connectivity index (χ1n) is 6.41. The summed E-state index contributed by atoms with van der Waals surface area (Å²) in [5.74, 6) is -0.0198. The molecule has 0 bridgehead atoms. The summed E-state index contributed by atoms with van der Waals surface area (Å²) in [6.45, 7) is 0. The van der Waals surface area contributed by atoms with Crippen LogP contribution >= 0.6 is 0 Å². The van der Waals surface area contributed by atoms with E-state index in [1.54, 1.807) is 6.07 Å². The van der Waals surface area contributed by atoms with Gasteiger partial charge in [-0.05, 0) is 36.4 Å². The molecule has 0 radical (unpaired) electrons. The van der Waals surface area contributed by atoms with Crippen LogP contribution in [-0.4, -0.2) is 16.1 Å². The van der Waals surface area contributed by atoms with E-state index in [0.29, 0.717) is 12.2 Å². The Hall–Kier alpha value is -1.95. The van der Waals surface area contributed by atoms with Crippen LogP contribution in [0.2, 0.25) is 0 Å². The van der Waals surface area contributed by atoms with Crippen LogP contribution in [0.4, 0.5) is 14.5 Å². The number of hydrogen-bond donors (Lipinski definition) is 1. The summed E-state index contributed by atoms with van der Waals surface area (Å²) in [6, 6.07) is 8.08. The van der Waals surface area contributed by atoms with E-state index in [1.807, 2.05) is 0 Å². The number of hydrogen-bond acceptors (Lipinski definition) is 3. The smallest absolute Gasteiger partial charge is 0.124 e. The van der Waals surface area contributed by atoms with Gasteiger partial charge in [-0.3, -0.25) is 4.21 Å². The Kier molecular flexibility index (Phi) is 3.63. The molecule has 6 heteroatoms. The Balaban J connectivity index is 1.74. The number of fused-ring (bicyclic) bond motifs is 1. The van der Waals surface area contributed by atoms with Crippen molar-refractivity contribution in [1.82, 2.24) is 0 Å². The van der Waals surface area contributed by atoms with E-state index in [-0.39, 0.29) is 28.3 Å². The summed E-state index contributed by atoms with van der Waals surface area (Å²) in [5.41, 5.74) is 6.76. The molecule has 0 saturated heterocycles. The van der Waals surface area contributed by atoms with Crippen molar-refractivity contribution in [2.45, 2.75) is 17.4 Å². The van der Waals surface area contributed by atoms with Crippen molar-refractivity contribution in [2.24, 2.45) is 0 Å². The Morgan fingerprint density at radius 3 is 2.71 bits per heavy atom. The highest BCUT2D eigenvalue weighted by Gasteiger charge is 2.26. The normalized spacial score (nSPS) is 18.1. The maximum atomic E-state index is 13.2. The maximum Gasteiger partial charge on any atom is 0.124 e. The second-order valence-electron chi connectivity index (χ2n) is 4.89. The van der Waals surface area contributed by atoms with E-state index < -0.39 is 16.6 Å². The second-order valence-corrected chi connectivity index (χ2v) is 6.35. The van der Waals surface area contributed by atoms with Gasteiger partial charge in [0.2, 0.25) is 0 Å². The molecule has 2 atom stereocenters. The lowest BCUT2D eigenvalue weighted by atomic mass is 10.1. The van der Waals surface area contributed by atoms with Gasteiger partial charge in [-0.15, -0.1) is 0 Å². The van der Waals surface area contributed by atoms with Crippen LogP contribution < -0.4 is 10.5 Å². The number of ether oxygens (including phenoxy) is 1. The largest absolute Gasteiger partial charge is 0.489 e. The second kappa shape index (κ2) is 5.44. The molecule has 0 spiro atoms. The fraction of sp³-hybridized carbons (Fsp3) is 0.200. The van der Waals surface area contributed by atoms with Crippen molar-refractivity contribution in [3.63, 3.8) is 0 Å². The first kappa shape index (κ1) is 14.0. The van der Waals surface area contributed by atoms with Crippen molar-refractivity contribution in [2.75, 3.05) is 11.5 Å². The van der Waals surface area contributed by atoms with Crippen molar-refractivity contribution >= 4 is 16.5 Å². The Bertz CT molecular complexity index is 721. The number of rotatable bonds is 3. The average Bonchev–Trinajstić information content (AvgIpc) is 2.82. The molecule has 0 aliphatic carbocycles. The van der Waals surface area contributed by atoms with Crippen LogP contribution in [0.3, 0.4) is 0 Å². The summed E-state index contributed by atoms with van der Waals surface area (Å²) in [5, 5.41) is 0. The van der Waals surface area contributed by atoms with Crippen molar-refractivity contribution < 1.29 is 17.7 Å². The topological polar surface area (TPSA) is 52.3 Å². The minimum absolute atomic E-state index is 0.184. The van der Waals surface area contributed by atoms with Gasteiger partial charge in [0.1, 0.15) is 23.5 Å². The van der Waals surface area contributed by atoms with Crippen LogP contribution in [0.1, 0.15) is 5.56 Å². The molecule has 2 unspecified atom stereocenters. The number of anilines is 1. The monoisotopic (exact) mass is 309 g/mol. The molecular formula is C15H13F2NO2S. The third-order valence-corrected chi connectivity index (χ3v) is 4.84. The minimum Gasteiger partial charge on any atom is -0.489 e. The molecule has 21 heavy (non-hydrogen) atoms. The maximum absolute atomic E-state index is 13.2. The van der Waals surface area contributed by atoms with Crippen LogP contribution in [0.25, 0.3) is 0 Å². The number of nitrogen functional groups attached to an aromatic ring is 1. The molecule has 2 N–H and O–H groups in total. The van der Waals surface area contributed by atoms with Crippen LogP contribution in [0, 0.1) is 11.6 Å². The highest BCUT2D eigenvalue weighted by molar-refractivity contribution is 7.85. The van der Waals surface area contributed by atoms with E-state index in [0.717, 1.165) is 5.56 Å². The average molecular weight is 309 g/mol. The Morgan fingerprint density at radius 2 is 1.90 bits per heavy atom. The van der Waals surface area contributed by atoms with Crippen LogP contribution in [-0.2, 0) is 17.2 Å². The summed E-state index contributed by atoms with van der Waals surface area (Å²) in [7, 11) is -1.47. The molecule has 1 heterocycles. The summed E-state index contributed by atoms with van der Waals surface area (Å²) < 4.78 is 44.3. The predicted molar refractivity (Wildman–Crippen MR) is 76.6 cm³/mol. The lowest BCUT2D eigenvalue weighted by Crippen LogP contribution is -2.22.